The Labute approximate surface area is 212 Å². The van der Waals surface area contributed by atoms with E-state index in [0.29, 0.717) is 37.4 Å². The highest BCUT2D eigenvalue weighted by Gasteiger charge is 2.60. The van der Waals surface area contributed by atoms with E-state index >= 15 is 0 Å². The third kappa shape index (κ3) is 4.89. The number of carbonyl (C=O) groups is 4. The first-order valence-electron chi connectivity index (χ1n) is 12.0. The summed E-state index contributed by atoms with van der Waals surface area (Å²) in [5, 5.41) is 35.4. The summed E-state index contributed by atoms with van der Waals surface area (Å²) in [4.78, 5) is 53.2. The van der Waals surface area contributed by atoms with Gasteiger partial charge in [0.15, 0.2) is 5.96 Å². The van der Waals surface area contributed by atoms with Gasteiger partial charge in [-0.05, 0) is 19.8 Å². The third-order valence-corrected chi connectivity index (χ3v) is 8.81. The molecule has 198 valence electrons. The fourth-order valence-corrected chi connectivity index (χ4v) is 7.07. The van der Waals surface area contributed by atoms with Crippen LogP contribution >= 0.6 is 11.8 Å². The lowest BCUT2D eigenvalue weighted by atomic mass is 9.79. The molecule has 8 N–H and O–H groups in total. The number of aliphatic hydroxyl groups excluding tert-OH is 1. The van der Waals surface area contributed by atoms with Crippen molar-refractivity contribution in [3.63, 3.8) is 0 Å². The summed E-state index contributed by atoms with van der Waals surface area (Å²) in [6.45, 7) is 4.76. The van der Waals surface area contributed by atoms with Crippen molar-refractivity contribution in [1.82, 2.24) is 25.8 Å². The Hall–Kier alpha value is -2.84. The predicted octanol–water partition coefficient (Wildman–Crippen LogP) is -2.20. The van der Waals surface area contributed by atoms with Crippen LogP contribution in [0.2, 0.25) is 0 Å². The molecule has 3 fully saturated rings. The Balaban J connectivity index is 1.32. The third-order valence-electron chi connectivity index (χ3n) is 7.30. The van der Waals surface area contributed by atoms with Crippen LogP contribution in [0.3, 0.4) is 0 Å². The van der Waals surface area contributed by atoms with Crippen LogP contribution in [0.4, 0.5) is 0 Å². The zero-order valence-electron chi connectivity index (χ0n) is 20.2. The molecule has 0 aromatic rings. The molecule has 0 radical (unpaired) electrons. The molecule has 14 heteroatoms. The van der Waals surface area contributed by atoms with Gasteiger partial charge in [0.2, 0.25) is 17.7 Å². The lowest BCUT2D eigenvalue weighted by Crippen LogP contribution is -2.63. The molecule has 13 nitrogen and oxygen atoms in total. The summed E-state index contributed by atoms with van der Waals surface area (Å²) >= 11 is 1.40. The zero-order valence-corrected chi connectivity index (χ0v) is 21.0. The van der Waals surface area contributed by atoms with Crippen molar-refractivity contribution in [2.75, 3.05) is 26.2 Å². The fourth-order valence-electron chi connectivity index (χ4n) is 5.59. The molecular formula is C22H33N7O6S. The Morgan fingerprint density at radius 3 is 2.72 bits per heavy atom. The number of hydrogen-bond donors (Lipinski definition) is 7. The van der Waals surface area contributed by atoms with Gasteiger partial charge in [-0.1, -0.05) is 6.92 Å². The number of aliphatic hydroxyl groups is 1. The second-order valence-electron chi connectivity index (χ2n) is 9.81. The normalized spacial score (nSPS) is 32.2. The molecule has 36 heavy (non-hydrogen) atoms. The summed E-state index contributed by atoms with van der Waals surface area (Å²) in [5.74, 6) is -2.98. The summed E-state index contributed by atoms with van der Waals surface area (Å²) in [6, 6.07) is -0.945. The number of carboxylic acid groups (broad SMARTS) is 1. The van der Waals surface area contributed by atoms with Crippen LogP contribution in [0.25, 0.3) is 0 Å². The summed E-state index contributed by atoms with van der Waals surface area (Å²) in [6.07, 6.45) is 0.293. The largest absolute Gasteiger partial charge is 0.477 e. The number of carbonyl (C=O) groups excluding carboxylic acids is 3. The SMILES string of the molecule is C[C@@H](O)[C@H]1C(=O)N2C(C(=O)O)=C(S[C@@H]3CN[C@H](C(=O)N4CC[C@H](NC(=O)CNC(=N)N)C4)C3)[C@H](C)[C@H]12. The second-order valence-corrected chi connectivity index (χ2v) is 11.2. The highest BCUT2D eigenvalue weighted by Crippen LogP contribution is 2.51. The van der Waals surface area contributed by atoms with Crippen molar-refractivity contribution < 1.29 is 29.4 Å². The number of amides is 3. The van der Waals surface area contributed by atoms with Crippen molar-refractivity contribution in [3.8, 4) is 0 Å². The van der Waals surface area contributed by atoms with E-state index in [1.807, 2.05) is 6.92 Å². The molecule has 0 saturated carbocycles. The highest BCUT2D eigenvalue weighted by atomic mass is 32.2. The van der Waals surface area contributed by atoms with Crippen LogP contribution in [0.1, 0.15) is 26.7 Å². The van der Waals surface area contributed by atoms with Crippen LogP contribution < -0.4 is 21.7 Å². The van der Waals surface area contributed by atoms with Crippen molar-refractivity contribution in [1.29, 1.82) is 5.41 Å². The smallest absolute Gasteiger partial charge is 0.353 e. The van der Waals surface area contributed by atoms with Gasteiger partial charge in [-0.2, -0.15) is 0 Å². The van der Waals surface area contributed by atoms with E-state index in [1.54, 1.807) is 11.8 Å². The molecule has 0 bridgehead atoms. The lowest BCUT2D eigenvalue weighted by molar-refractivity contribution is -0.163. The van der Waals surface area contributed by atoms with Gasteiger partial charge < -0.3 is 41.7 Å². The molecule has 0 spiro atoms. The number of aliphatic carboxylic acids is 1. The number of hydrogen-bond acceptors (Lipinski definition) is 8. The number of fused-ring (bicyclic) bond motifs is 1. The number of guanidine groups is 1. The Bertz CT molecular complexity index is 1000. The van der Waals surface area contributed by atoms with E-state index < -0.39 is 24.0 Å². The average molecular weight is 524 g/mol. The number of thioether (sulfide) groups is 1. The van der Waals surface area contributed by atoms with E-state index in [-0.39, 0.29) is 59.2 Å². The van der Waals surface area contributed by atoms with Gasteiger partial charge in [-0.25, -0.2) is 4.79 Å². The van der Waals surface area contributed by atoms with Gasteiger partial charge in [-0.3, -0.25) is 19.8 Å². The minimum Gasteiger partial charge on any atom is -0.477 e. The molecule has 3 saturated heterocycles. The molecule has 0 unspecified atom stereocenters. The summed E-state index contributed by atoms with van der Waals surface area (Å²) < 4.78 is 0. The standard InChI is InChI=1S/C22H33N7O6S/c1-9-16-15(10(2)30)20(33)29(16)17(21(34)35)18(9)36-12-5-13(25-6-12)19(32)28-4-3-11(8-28)27-14(31)7-26-22(23)24/h9-13,15-16,25,30H,3-8H2,1-2H3,(H,27,31)(H,34,35)(H4,23,24,26)/t9-,10-,11+,12+,13+,15-,16-/m1/s1. The number of nitrogens with two attached hydrogens (primary N) is 1. The van der Waals surface area contributed by atoms with Crippen LogP contribution in [0.5, 0.6) is 0 Å². The van der Waals surface area contributed by atoms with Crippen molar-refractivity contribution in [2.45, 2.75) is 56.2 Å². The van der Waals surface area contributed by atoms with E-state index in [4.69, 9.17) is 11.1 Å². The van der Waals surface area contributed by atoms with Gasteiger partial charge in [0.25, 0.3) is 0 Å². The Morgan fingerprint density at radius 1 is 1.36 bits per heavy atom. The minimum atomic E-state index is -1.16. The van der Waals surface area contributed by atoms with Gasteiger partial charge in [-0.15, -0.1) is 11.8 Å². The van der Waals surface area contributed by atoms with Crippen molar-refractivity contribution in [3.05, 3.63) is 10.6 Å². The van der Waals surface area contributed by atoms with Crippen molar-refractivity contribution in [2.24, 2.45) is 17.6 Å². The molecule has 4 rings (SSSR count). The second kappa shape index (κ2) is 10.3. The van der Waals surface area contributed by atoms with Gasteiger partial charge in [0, 0.05) is 41.7 Å². The quantitative estimate of drug-likeness (QED) is 0.104. The molecule has 0 aromatic carbocycles. The first-order chi connectivity index (χ1) is 17.0. The van der Waals surface area contributed by atoms with Gasteiger partial charge in [0.1, 0.15) is 5.70 Å². The number of nitrogens with zero attached hydrogens (tertiary/aromatic N) is 2. The number of carboxylic acids is 1. The average Bonchev–Trinajstić information content (AvgIpc) is 3.50. The molecular weight excluding hydrogens is 490 g/mol. The number of rotatable bonds is 8. The van der Waals surface area contributed by atoms with Crippen LogP contribution in [0, 0.1) is 17.2 Å². The molecule has 7 atom stereocenters. The molecule has 0 aliphatic carbocycles. The van der Waals surface area contributed by atoms with Crippen LogP contribution in [0.15, 0.2) is 10.6 Å². The number of β-lactam (4-membered cyclic amide) rings is 1. The fraction of sp³-hybridized carbons (Fsp3) is 0.682. The maximum atomic E-state index is 13.1. The van der Waals surface area contributed by atoms with Crippen LogP contribution in [-0.2, 0) is 19.2 Å². The van der Waals surface area contributed by atoms with Crippen molar-refractivity contribution >= 4 is 41.4 Å². The van der Waals surface area contributed by atoms with E-state index in [2.05, 4.69) is 16.0 Å². The maximum Gasteiger partial charge on any atom is 0.353 e. The van der Waals surface area contributed by atoms with Crippen LogP contribution in [-0.4, -0.2) is 105 Å². The highest BCUT2D eigenvalue weighted by molar-refractivity contribution is 8.03. The Morgan fingerprint density at radius 2 is 2.08 bits per heavy atom. The van der Waals surface area contributed by atoms with E-state index in [1.165, 1.54) is 16.7 Å². The van der Waals surface area contributed by atoms with Gasteiger partial charge in [0.05, 0.1) is 30.7 Å². The first kappa shape index (κ1) is 26.2. The first-order valence-corrected chi connectivity index (χ1v) is 12.9. The summed E-state index contributed by atoms with van der Waals surface area (Å²) in [5.41, 5.74) is 5.18. The molecule has 4 aliphatic heterocycles. The number of likely N-dealkylation sites (tertiary alicyclic amines) is 1. The van der Waals surface area contributed by atoms with Gasteiger partial charge >= 0.3 is 5.97 Å². The molecule has 4 aliphatic rings. The Kier molecular flexibility index (Phi) is 7.48. The molecule has 4 heterocycles. The molecule has 3 amide bonds. The monoisotopic (exact) mass is 523 g/mol. The summed E-state index contributed by atoms with van der Waals surface area (Å²) in [7, 11) is 0. The topological polar surface area (TPSA) is 201 Å². The predicted molar refractivity (Wildman–Crippen MR) is 130 cm³/mol. The molecule has 0 aromatic heterocycles. The van der Waals surface area contributed by atoms with E-state index in [9.17, 15) is 29.4 Å². The lowest BCUT2D eigenvalue weighted by Gasteiger charge is -2.46. The van der Waals surface area contributed by atoms with E-state index in [0.717, 1.165) is 0 Å². The number of nitrogens with one attached hydrogen (secondary N) is 4. The maximum absolute atomic E-state index is 13.1. The minimum absolute atomic E-state index is 0.00781. The zero-order chi connectivity index (χ0) is 26.3.